The van der Waals surface area contributed by atoms with Gasteiger partial charge in [-0.25, -0.2) is 0 Å². The highest BCUT2D eigenvalue weighted by Crippen LogP contribution is 2.72. The van der Waals surface area contributed by atoms with Gasteiger partial charge in [0.05, 0.1) is 14.2 Å². The van der Waals surface area contributed by atoms with Crippen molar-refractivity contribution in [1.29, 1.82) is 0 Å². The van der Waals surface area contributed by atoms with E-state index in [-0.39, 0.29) is 0 Å². The summed E-state index contributed by atoms with van der Waals surface area (Å²) in [5.41, 5.74) is 1.94. The van der Waals surface area contributed by atoms with E-state index in [9.17, 15) is 0 Å². The standard InChI is InChI=1S/C17H27NO2/c1-16(2)15(17(16,3)4)14(18-5)11-8-9-12(19-6)13(10-11)20-7/h8-10,14-15,18H,1-7H3. The lowest BCUT2D eigenvalue weighted by molar-refractivity contribution is 0.352. The maximum absolute atomic E-state index is 5.42. The molecule has 20 heavy (non-hydrogen) atoms. The minimum atomic E-state index is 0.333. The smallest absolute Gasteiger partial charge is 0.161 e. The van der Waals surface area contributed by atoms with Crippen LogP contribution in [0.3, 0.4) is 0 Å². The second-order valence-electron chi connectivity index (χ2n) is 6.80. The number of rotatable bonds is 5. The van der Waals surface area contributed by atoms with E-state index in [0.29, 0.717) is 22.8 Å². The third-order valence-electron chi connectivity index (χ3n) is 5.54. The maximum atomic E-state index is 5.42. The van der Waals surface area contributed by atoms with Gasteiger partial charge in [-0.2, -0.15) is 0 Å². The fourth-order valence-electron chi connectivity index (χ4n) is 3.65. The molecule has 0 amide bonds. The van der Waals surface area contributed by atoms with Crippen molar-refractivity contribution < 1.29 is 9.47 Å². The SMILES string of the molecule is CNC(c1ccc(OC)c(OC)c1)C1C(C)(C)C1(C)C. The lowest BCUT2D eigenvalue weighted by atomic mass is 9.96. The van der Waals surface area contributed by atoms with Crippen molar-refractivity contribution in [2.75, 3.05) is 21.3 Å². The maximum Gasteiger partial charge on any atom is 0.161 e. The van der Waals surface area contributed by atoms with E-state index in [4.69, 9.17) is 9.47 Å². The van der Waals surface area contributed by atoms with Gasteiger partial charge in [0.2, 0.25) is 0 Å². The summed E-state index contributed by atoms with van der Waals surface area (Å²) in [5, 5.41) is 3.48. The number of hydrogen-bond acceptors (Lipinski definition) is 3. The Bertz CT molecular complexity index is 480. The van der Waals surface area contributed by atoms with Gasteiger partial charge in [-0.3, -0.25) is 0 Å². The average Bonchev–Trinajstić information content (AvgIpc) is 2.82. The highest BCUT2D eigenvalue weighted by atomic mass is 16.5. The molecule has 1 unspecified atom stereocenters. The first-order valence-corrected chi connectivity index (χ1v) is 7.20. The van der Waals surface area contributed by atoms with Gasteiger partial charge in [0, 0.05) is 6.04 Å². The molecule has 1 aromatic rings. The first-order valence-electron chi connectivity index (χ1n) is 7.20. The van der Waals surface area contributed by atoms with Crippen LogP contribution >= 0.6 is 0 Å². The quantitative estimate of drug-likeness (QED) is 0.891. The lowest BCUT2D eigenvalue weighted by Gasteiger charge is -2.20. The molecule has 112 valence electrons. The van der Waals surface area contributed by atoms with Crippen molar-refractivity contribution in [1.82, 2.24) is 5.32 Å². The molecular weight excluding hydrogens is 250 g/mol. The van der Waals surface area contributed by atoms with Crippen LogP contribution in [0.1, 0.15) is 39.3 Å². The van der Waals surface area contributed by atoms with E-state index in [2.05, 4.69) is 45.1 Å². The third kappa shape index (κ3) is 2.08. The second-order valence-corrected chi connectivity index (χ2v) is 6.80. The first-order chi connectivity index (χ1) is 9.31. The molecule has 1 aromatic carbocycles. The number of methoxy groups -OCH3 is 2. The van der Waals surface area contributed by atoms with Crippen LogP contribution in [0, 0.1) is 16.7 Å². The summed E-state index contributed by atoms with van der Waals surface area (Å²) >= 11 is 0. The predicted octanol–water partition coefficient (Wildman–Crippen LogP) is 3.65. The van der Waals surface area contributed by atoms with Crippen molar-refractivity contribution in [2.24, 2.45) is 16.7 Å². The molecule has 2 rings (SSSR count). The molecule has 1 aliphatic rings. The van der Waals surface area contributed by atoms with Crippen LogP contribution in [0.5, 0.6) is 11.5 Å². The van der Waals surface area contributed by atoms with Crippen molar-refractivity contribution in [3.8, 4) is 11.5 Å². The molecule has 1 fully saturated rings. The highest BCUT2D eigenvalue weighted by molar-refractivity contribution is 5.44. The fraction of sp³-hybridized carbons (Fsp3) is 0.647. The summed E-state index contributed by atoms with van der Waals surface area (Å²) < 4.78 is 10.7. The normalized spacial score (nSPS) is 21.4. The predicted molar refractivity (Wildman–Crippen MR) is 82.4 cm³/mol. The molecule has 3 nitrogen and oxygen atoms in total. The Morgan fingerprint density at radius 3 is 1.95 bits per heavy atom. The zero-order valence-corrected chi connectivity index (χ0v) is 13.7. The van der Waals surface area contributed by atoms with Crippen LogP contribution in [0.2, 0.25) is 0 Å². The summed E-state index contributed by atoms with van der Waals surface area (Å²) in [4.78, 5) is 0. The van der Waals surface area contributed by atoms with Crippen molar-refractivity contribution in [2.45, 2.75) is 33.7 Å². The first kappa shape index (κ1) is 15.2. The van der Waals surface area contributed by atoms with Crippen molar-refractivity contribution in [3.05, 3.63) is 23.8 Å². The van der Waals surface area contributed by atoms with E-state index in [1.165, 1.54) is 5.56 Å². The lowest BCUT2D eigenvalue weighted by Crippen LogP contribution is -2.21. The van der Waals surface area contributed by atoms with Gasteiger partial charge in [0.25, 0.3) is 0 Å². The molecule has 1 aliphatic carbocycles. The molecule has 0 heterocycles. The van der Waals surface area contributed by atoms with Crippen LogP contribution in [0.4, 0.5) is 0 Å². The van der Waals surface area contributed by atoms with E-state index < -0.39 is 0 Å². The van der Waals surface area contributed by atoms with Gasteiger partial charge in [-0.1, -0.05) is 33.8 Å². The van der Waals surface area contributed by atoms with Crippen molar-refractivity contribution in [3.63, 3.8) is 0 Å². The Kier molecular flexibility index (Phi) is 3.76. The molecule has 0 radical (unpaired) electrons. The van der Waals surface area contributed by atoms with E-state index >= 15 is 0 Å². The van der Waals surface area contributed by atoms with Crippen molar-refractivity contribution >= 4 is 0 Å². The minimum Gasteiger partial charge on any atom is -0.493 e. The molecule has 1 atom stereocenters. The molecule has 1 saturated carbocycles. The van der Waals surface area contributed by atoms with Gasteiger partial charge in [-0.05, 0) is 41.5 Å². The molecule has 0 bridgehead atoms. The molecule has 0 aliphatic heterocycles. The Morgan fingerprint density at radius 2 is 1.55 bits per heavy atom. The van der Waals surface area contributed by atoms with Gasteiger partial charge in [0.1, 0.15) is 0 Å². The summed E-state index contributed by atoms with van der Waals surface area (Å²) in [6.07, 6.45) is 0. The molecule has 1 N–H and O–H groups in total. The largest absolute Gasteiger partial charge is 0.493 e. The Balaban J connectivity index is 2.35. The van der Waals surface area contributed by atoms with Crippen LogP contribution in [-0.4, -0.2) is 21.3 Å². The van der Waals surface area contributed by atoms with Gasteiger partial charge >= 0.3 is 0 Å². The second kappa shape index (κ2) is 4.96. The summed E-state index contributed by atoms with van der Waals surface area (Å²) in [7, 11) is 5.38. The molecule has 3 heteroatoms. The molecular formula is C17H27NO2. The zero-order chi connectivity index (χ0) is 15.1. The minimum absolute atomic E-state index is 0.333. The highest BCUT2D eigenvalue weighted by Gasteiger charge is 2.67. The number of nitrogens with one attached hydrogen (secondary N) is 1. The van der Waals surface area contributed by atoms with Gasteiger partial charge in [-0.15, -0.1) is 0 Å². The number of hydrogen-bond donors (Lipinski definition) is 1. The summed E-state index contributed by atoms with van der Waals surface area (Å²) in [6, 6.07) is 6.54. The Morgan fingerprint density at radius 1 is 1.00 bits per heavy atom. The van der Waals surface area contributed by atoms with E-state index in [1.807, 2.05) is 13.1 Å². The average molecular weight is 277 g/mol. The Labute approximate surface area is 122 Å². The van der Waals surface area contributed by atoms with Gasteiger partial charge < -0.3 is 14.8 Å². The Hall–Kier alpha value is -1.22. The van der Waals surface area contributed by atoms with Crippen LogP contribution < -0.4 is 14.8 Å². The molecule has 0 aromatic heterocycles. The topological polar surface area (TPSA) is 30.5 Å². The van der Waals surface area contributed by atoms with Crippen LogP contribution in [0.25, 0.3) is 0 Å². The monoisotopic (exact) mass is 277 g/mol. The van der Waals surface area contributed by atoms with E-state index in [1.54, 1.807) is 14.2 Å². The third-order valence-corrected chi connectivity index (χ3v) is 5.54. The van der Waals surface area contributed by atoms with Crippen LogP contribution in [-0.2, 0) is 0 Å². The van der Waals surface area contributed by atoms with E-state index in [0.717, 1.165) is 11.5 Å². The zero-order valence-electron chi connectivity index (χ0n) is 13.7. The summed E-state index contributed by atoms with van der Waals surface area (Å²) in [6.45, 7) is 9.40. The van der Waals surface area contributed by atoms with Gasteiger partial charge in [0.15, 0.2) is 11.5 Å². The molecule has 0 spiro atoms. The number of benzene rings is 1. The summed E-state index contributed by atoms with van der Waals surface area (Å²) in [5.74, 6) is 2.18. The number of ether oxygens (including phenoxy) is 2. The fourth-order valence-corrected chi connectivity index (χ4v) is 3.65. The molecule has 0 saturated heterocycles. The van der Waals surface area contributed by atoms with Crippen LogP contribution in [0.15, 0.2) is 18.2 Å².